The summed E-state index contributed by atoms with van der Waals surface area (Å²) in [6.07, 6.45) is 0. The molecule has 36 heavy (non-hydrogen) atoms. The minimum Gasteiger partial charge on any atom is -0.318 e. The third kappa shape index (κ3) is 5.61. The molecular formula is C20H18N8O8. The van der Waals surface area contributed by atoms with Gasteiger partial charge in [0.15, 0.2) is 11.4 Å². The van der Waals surface area contributed by atoms with E-state index in [1.165, 1.54) is 6.07 Å². The molecule has 1 amide bonds. The summed E-state index contributed by atoms with van der Waals surface area (Å²) in [5.74, 6) is -1.08. The van der Waals surface area contributed by atoms with Gasteiger partial charge in [0.2, 0.25) is 0 Å². The van der Waals surface area contributed by atoms with Gasteiger partial charge in [-0.15, -0.1) is 0 Å². The van der Waals surface area contributed by atoms with Gasteiger partial charge in [0.1, 0.15) is 5.69 Å². The van der Waals surface area contributed by atoms with Crippen LogP contribution >= 0.6 is 0 Å². The van der Waals surface area contributed by atoms with Crippen molar-refractivity contribution in [2.75, 3.05) is 5.32 Å². The molecule has 0 aliphatic heterocycles. The number of aromatic nitrogens is 2. The summed E-state index contributed by atoms with van der Waals surface area (Å²) in [4.78, 5) is 63.4. The van der Waals surface area contributed by atoms with Crippen molar-refractivity contribution in [1.82, 2.24) is 15.4 Å². The van der Waals surface area contributed by atoms with Crippen LogP contribution in [0.5, 0.6) is 0 Å². The highest BCUT2D eigenvalue weighted by Gasteiger charge is 2.26. The van der Waals surface area contributed by atoms with E-state index in [1.807, 2.05) is 0 Å². The van der Waals surface area contributed by atoms with Crippen molar-refractivity contribution in [3.63, 3.8) is 0 Å². The molecule has 3 rings (SSSR count). The zero-order valence-electron chi connectivity index (χ0n) is 19.0. The van der Waals surface area contributed by atoms with Crippen molar-refractivity contribution in [3.8, 4) is 0 Å². The average Bonchev–Trinajstić information content (AvgIpc) is 2.78. The monoisotopic (exact) mass is 498 g/mol. The SMILES string of the molecule is CC(C)(C)N/N=C(/C(=O)Nc1ccc([N+](=O)[O-])cc1[N+](=O)[O-])c1nc2ccc([N+](=O)[O-])cc2[nH]c1=O. The molecule has 0 atom stereocenters. The third-order valence-corrected chi connectivity index (χ3v) is 4.47. The molecule has 16 nitrogen and oxygen atoms in total. The summed E-state index contributed by atoms with van der Waals surface area (Å²) < 4.78 is 0. The molecule has 3 aromatic rings. The molecule has 0 saturated heterocycles. The van der Waals surface area contributed by atoms with Crippen LogP contribution in [0.4, 0.5) is 22.7 Å². The van der Waals surface area contributed by atoms with Crippen molar-refractivity contribution in [2.24, 2.45) is 5.10 Å². The number of nitrogens with one attached hydrogen (secondary N) is 3. The van der Waals surface area contributed by atoms with E-state index >= 15 is 0 Å². The predicted octanol–water partition coefficient (Wildman–Crippen LogP) is 2.38. The van der Waals surface area contributed by atoms with Gasteiger partial charge in [0.25, 0.3) is 28.5 Å². The maximum absolute atomic E-state index is 13.1. The first-order valence-corrected chi connectivity index (χ1v) is 10.0. The van der Waals surface area contributed by atoms with E-state index in [-0.39, 0.29) is 22.4 Å². The number of carbonyl (C=O) groups excluding carboxylic acids is 1. The normalized spacial score (nSPS) is 11.7. The Morgan fingerprint density at radius 1 is 0.972 bits per heavy atom. The molecule has 16 heteroatoms. The van der Waals surface area contributed by atoms with Crippen molar-refractivity contribution in [1.29, 1.82) is 0 Å². The summed E-state index contributed by atoms with van der Waals surface area (Å²) in [6.45, 7) is 5.14. The van der Waals surface area contributed by atoms with E-state index in [0.717, 1.165) is 24.3 Å². The van der Waals surface area contributed by atoms with Crippen molar-refractivity contribution in [2.45, 2.75) is 26.3 Å². The first-order valence-electron chi connectivity index (χ1n) is 10.0. The molecule has 186 valence electrons. The quantitative estimate of drug-likeness (QED) is 0.244. The Labute approximate surface area is 200 Å². The molecule has 1 heterocycles. The molecular weight excluding hydrogens is 480 g/mol. The molecule has 0 unspecified atom stereocenters. The fraction of sp³-hybridized carbons (Fsp3) is 0.200. The number of amides is 1. The standard InChI is InChI=1S/C20H18N8O8/c1-20(2,3)25-24-17(16-18(29)23-14-8-10(26(31)32)4-6-12(14)21-16)19(30)22-13-7-5-11(27(33)34)9-15(13)28(35)36/h4-9,25H,1-3H3,(H,22,30)(H,23,29)/b24-17+. The minimum atomic E-state index is -1.08. The highest BCUT2D eigenvalue weighted by Crippen LogP contribution is 2.29. The van der Waals surface area contributed by atoms with Gasteiger partial charge in [0, 0.05) is 23.7 Å². The second-order valence-electron chi connectivity index (χ2n) is 8.37. The highest BCUT2D eigenvalue weighted by molar-refractivity contribution is 6.48. The van der Waals surface area contributed by atoms with Crippen molar-refractivity contribution >= 4 is 45.4 Å². The number of anilines is 1. The van der Waals surface area contributed by atoms with Gasteiger partial charge in [-0.05, 0) is 32.9 Å². The fourth-order valence-corrected chi connectivity index (χ4v) is 2.86. The third-order valence-electron chi connectivity index (χ3n) is 4.47. The van der Waals surface area contributed by atoms with E-state index < -0.39 is 54.6 Å². The van der Waals surface area contributed by atoms with Crippen LogP contribution in [0.15, 0.2) is 46.3 Å². The number of nitrogens with zero attached hydrogens (tertiary/aromatic N) is 5. The lowest BCUT2D eigenvalue weighted by Crippen LogP contribution is -2.37. The Bertz CT molecular complexity index is 1510. The summed E-state index contributed by atoms with van der Waals surface area (Å²) in [5, 5.41) is 39.6. The molecule has 0 aliphatic rings. The van der Waals surface area contributed by atoms with Crippen LogP contribution < -0.4 is 16.3 Å². The van der Waals surface area contributed by atoms with Gasteiger partial charge in [-0.1, -0.05) is 0 Å². The summed E-state index contributed by atoms with van der Waals surface area (Å²) >= 11 is 0. The van der Waals surface area contributed by atoms with Gasteiger partial charge in [-0.3, -0.25) is 39.9 Å². The number of aromatic amines is 1. The first kappa shape index (κ1) is 25.3. The highest BCUT2D eigenvalue weighted by atomic mass is 16.6. The maximum Gasteiger partial charge on any atom is 0.299 e. The summed E-state index contributed by atoms with van der Waals surface area (Å²) in [6, 6.07) is 6.12. The number of nitro groups is 3. The van der Waals surface area contributed by atoms with Crippen LogP contribution in [0.2, 0.25) is 0 Å². The van der Waals surface area contributed by atoms with E-state index in [2.05, 4.69) is 25.8 Å². The number of rotatable bonds is 7. The number of H-pyrrole nitrogens is 1. The Balaban J connectivity index is 2.11. The zero-order chi connectivity index (χ0) is 26.8. The molecule has 0 bridgehead atoms. The van der Waals surface area contributed by atoms with Gasteiger partial charge in [-0.2, -0.15) is 5.10 Å². The lowest BCUT2D eigenvalue weighted by atomic mass is 10.1. The van der Waals surface area contributed by atoms with E-state index in [9.17, 15) is 39.9 Å². The molecule has 0 fully saturated rings. The van der Waals surface area contributed by atoms with Crippen LogP contribution in [0, 0.1) is 30.3 Å². The number of fused-ring (bicyclic) bond motifs is 1. The number of hydrogen-bond acceptors (Lipinski definition) is 11. The van der Waals surface area contributed by atoms with Gasteiger partial charge in [-0.25, -0.2) is 4.98 Å². The Morgan fingerprint density at radius 3 is 2.17 bits per heavy atom. The average molecular weight is 498 g/mol. The van der Waals surface area contributed by atoms with Crippen LogP contribution in [0.1, 0.15) is 26.5 Å². The lowest BCUT2D eigenvalue weighted by molar-refractivity contribution is -0.393. The minimum absolute atomic E-state index is 0.0347. The fourth-order valence-electron chi connectivity index (χ4n) is 2.86. The van der Waals surface area contributed by atoms with Crippen LogP contribution in [-0.2, 0) is 4.79 Å². The molecule has 0 aliphatic carbocycles. The largest absolute Gasteiger partial charge is 0.318 e. The number of hydrazone groups is 1. The van der Waals surface area contributed by atoms with Crippen LogP contribution in [-0.4, -0.2) is 41.9 Å². The maximum atomic E-state index is 13.1. The Morgan fingerprint density at radius 2 is 1.58 bits per heavy atom. The van der Waals surface area contributed by atoms with Crippen LogP contribution in [0.3, 0.4) is 0 Å². The number of non-ortho nitro benzene ring substituents is 2. The van der Waals surface area contributed by atoms with Gasteiger partial charge >= 0.3 is 0 Å². The number of nitro benzene ring substituents is 3. The van der Waals surface area contributed by atoms with Crippen molar-refractivity contribution in [3.05, 3.63) is 82.8 Å². The van der Waals surface area contributed by atoms with E-state index in [0.29, 0.717) is 6.07 Å². The van der Waals surface area contributed by atoms with E-state index in [4.69, 9.17) is 0 Å². The van der Waals surface area contributed by atoms with E-state index in [1.54, 1.807) is 20.8 Å². The first-order chi connectivity index (χ1) is 16.8. The number of benzene rings is 2. The zero-order valence-corrected chi connectivity index (χ0v) is 19.0. The van der Waals surface area contributed by atoms with Gasteiger partial charge < -0.3 is 15.7 Å². The molecule has 0 spiro atoms. The summed E-state index contributed by atoms with van der Waals surface area (Å²) in [7, 11) is 0. The van der Waals surface area contributed by atoms with Crippen LogP contribution in [0.25, 0.3) is 11.0 Å². The lowest BCUT2D eigenvalue weighted by Gasteiger charge is -2.18. The second-order valence-corrected chi connectivity index (χ2v) is 8.37. The topological polar surface area (TPSA) is 229 Å². The van der Waals surface area contributed by atoms with Crippen molar-refractivity contribution < 1.29 is 19.6 Å². The Kier molecular flexibility index (Phi) is 6.71. The molecule has 0 radical (unpaired) electrons. The second kappa shape index (κ2) is 9.53. The molecule has 3 N–H and O–H groups in total. The molecule has 1 aromatic heterocycles. The number of carbonyl (C=O) groups is 1. The predicted molar refractivity (Wildman–Crippen MR) is 127 cm³/mol. The smallest absolute Gasteiger partial charge is 0.299 e. The molecule has 2 aromatic carbocycles. The Hall–Kier alpha value is -5.28. The van der Waals surface area contributed by atoms with Gasteiger partial charge in [0.05, 0.1) is 31.9 Å². The summed E-state index contributed by atoms with van der Waals surface area (Å²) in [5.41, 5.74) is -1.80. The molecule has 0 saturated carbocycles. The number of hydrogen-bond donors (Lipinski definition) is 3.